The van der Waals surface area contributed by atoms with E-state index in [9.17, 15) is 9.90 Å². The van der Waals surface area contributed by atoms with E-state index in [0.717, 1.165) is 13.0 Å². The third-order valence-corrected chi connectivity index (χ3v) is 2.51. The summed E-state index contributed by atoms with van der Waals surface area (Å²) in [5.74, 6) is -0.186. The van der Waals surface area contributed by atoms with Crippen LogP contribution in [0.1, 0.15) is 19.8 Å². The second-order valence-corrected chi connectivity index (χ2v) is 3.57. The van der Waals surface area contributed by atoms with Crippen molar-refractivity contribution in [2.75, 3.05) is 20.2 Å². The van der Waals surface area contributed by atoms with E-state index in [1.165, 1.54) is 7.11 Å². The zero-order valence-corrected chi connectivity index (χ0v) is 8.19. The zero-order valence-electron chi connectivity index (χ0n) is 8.19. The van der Waals surface area contributed by atoms with Crippen molar-refractivity contribution < 1.29 is 14.6 Å². The number of nitrogens with zero attached hydrogens (tertiary/aromatic N) is 1. The van der Waals surface area contributed by atoms with Gasteiger partial charge in [-0.3, -0.25) is 9.69 Å². The lowest BCUT2D eigenvalue weighted by Crippen LogP contribution is -2.33. The molecule has 76 valence electrons. The number of carbonyl (C=O) groups excluding carboxylic acids is 1. The third kappa shape index (κ3) is 2.97. The van der Waals surface area contributed by atoms with Crippen LogP contribution in [0.25, 0.3) is 0 Å². The largest absolute Gasteiger partial charge is 0.469 e. The molecule has 1 fully saturated rings. The minimum atomic E-state index is -0.222. The maximum Gasteiger partial charge on any atom is 0.307 e. The van der Waals surface area contributed by atoms with Gasteiger partial charge in [0, 0.05) is 19.1 Å². The van der Waals surface area contributed by atoms with Crippen molar-refractivity contribution in [2.24, 2.45) is 0 Å². The van der Waals surface area contributed by atoms with Gasteiger partial charge in [-0.05, 0) is 13.3 Å². The predicted octanol–water partition coefficient (Wildman–Crippen LogP) is 0.00460. The number of esters is 1. The van der Waals surface area contributed by atoms with Gasteiger partial charge in [-0.25, -0.2) is 0 Å². The van der Waals surface area contributed by atoms with Gasteiger partial charge < -0.3 is 9.84 Å². The second-order valence-electron chi connectivity index (χ2n) is 3.57. The molecule has 1 rings (SSSR count). The molecule has 4 heteroatoms. The molecule has 1 heterocycles. The monoisotopic (exact) mass is 187 g/mol. The Hall–Kier alpha value is -0.610. The predicted molar refractivity (Wildman–Crippen MR) is 48.3 cm³/mol. The summed E-state index contributed by atoms with van der Waals surface area (Å²) in [5.41, 5.74) is 0. The molecule has 0 aromatic heterocycles. The summed E-state index contributed by atoms with van der Waals surface area (Å²) in [6, 6.07) is 0.171. The number of hydrogen-bond donors (Lipinski definition) is 1. The summed E-state index contributed by atoms with van der Waals surface area (Å²) >= 11 is 0. The number of aliphatic hydroxyl groups is 1. The molecule has 0 aromatic carbocycles. The molecule has 0 amide bonds. The van der Waals surface area contributed by atoms with Crippen molar-refractivity contribution in [3.05, 3.63) is 0 Å². The van der Waals surface area contributed by atoms with Gasteiger partial charge in [-0.2, -0.15) is 0 Å². The van der Waals surface area contributed by atoms with E-state index >= 15 is 0 Å². The number of hydrogen-bond acceptors (Lipinski definition) is 4. The topological polar surface area (TPSA) is 49.8 Å². The van der Waals surface area contributed by atoms with E-state index in [0.29, 0.717) is 13.0 Å². The number of β-amino-alcohol motifs (C(OH)–C–C–N with tert-alkyl or cyclic N) is 1. The number of aliphatic hydroxyl groups excluding tert-OH is 1. The molecule has 0 radical (unpaired) electrons. The first-order valence-electron chi connectivity index (χ1n) is 4.62. The molecule has 4 nitrogen and oxygen atoms in total. The highest BCUT2D eigenvalue weighted by Gasteiger charge is 2.25. The van der Waals surface area contributed by atoms with Gasteiger partial charge in [0.25, 0.3) is 0 Å². The van der Waals surface area contributed by atoms with Gasteiger partial charge in [0.1, 0.15) is 0 Å². The molecule has 0 spiro atoms. The van der Waals surface area contributed by atoms with Crippen LogP contribution < -0.4 is 0 Å². The first kappa shape index (κ1) is 10.5. The number of likely N-dealkylation sites (tertiary alicyclic amines) is 1. The Balaban J connectivity index is 2.31. The highest BCUT2D eigenvalue weighted by Crippen LogP contribution is 2.14. The van der Waals surface area contributed by atoms with Crippen molar-refractivity contribution in [3.63, 3.8) is 0 Å². The Labute approximate surface area is 78.5 Å². The van der Waals surface area contributed by atoms with E-state index in [2.05, 4.69) is 9.64 Å². The highest BCUT2D eigenvalue weighted by atomic mass is 16.5. The quantitative estimate of drug-likeness (QED) is 0.632. The maximum atomic E-state index is 10.9. The van der Waals surface area contributed by atoms with Gasteiger partial charge >= 0.3 is 5.97 Å². The number of rotatable bonds is 3. The first-order valence-corrected chi connectivity index (χ1v) is 4.62. The van der Waals surface area contributed by atoms with E-state index in [1.54, 1.807) is 0 Å². The molecule has 1 saturated heterocycles. The molecule has 13 heavy (non-hydrogen) atoms. The lowest BCUT2D eigenvalue weighted by molar-refractivity contribution is -0.141. The Kier molecular flexibility index (Phi) is 3.69. The summed E-state index contributed by atoms with van der Waals surface area (Å²) in [6.45, 7) is 3.53. The lowest BCUT2D eigenvalue weighted by Gasteiger charge is -2.22. The molecule has 1 aliphatic heterocycles. The summed E-state index contributed by atoms with van der Waals surface area (Å²) in [7, 11) is 1.40. The third-order valence-electron chi connectivity index (χ3n) is 2.51. The molecule has 0 aliphatic carbocycles. The Bertz CT molecular complexity index is 184. The summed E-state index contributed by atoms with van der Waals surface area (Å²) < 4.78 is 4.58. The molecule has 1 unspecified atom stereocenters. The van der Waals surface area contributed by atoms with Crippen molar-refractivity contribution in [3.8, 4) is 0 Å². The summed E-state index contributed by atoms with van der Waals surface area (Å²) in [4.78, 5) is 13.1. The van der Waals surface area contributed by atoms with E-state index in [1.807, 2.05) is 6.92 Å². The highest BCUT2D eigenvalue weighted by molar-refractivity contribution is 5.69. The molecule has 1 N–H and O–H groups in total. The Morgan fingerprint density at radius 3 is 2.92 bits per heavy atom. The first-order chi connectivity index (χ1) is 6.13. The van der Waals surface area contributed by atoms with Crippen LogP contribution in [0.15, 0.2) is 0 Å². The van der Waals surface area contributed by atoms with Crippen LogP contribution in [0.4, 0.5) is 0 Å². The standard InChI is InChI=1S/C9H17NO3/c1-7(5-9(12)13-2)10-4-3-8(11)6-10/h7-8,11H,3-6H2,1-2H3/t7?,8-/m0/s1. The van der Waals surface area contributed by atoms with Crippen LogP contribution in [0, 0.1) is 0 Å². The molecular formula is C9H17NO3. The fourth-order valence-electron chi connectivity index (χ4n) is 1.62. The van der Waals surface area contributed by atoms with Crippen LogP contribution in [0.3, 0.4) is 0 Å². The lowest BCUT2D eigenvalue weighted by atomic mass is 10.2. The van der Waals surface area contributed by atoms with Gasteiger partial charge in [0.15, 0.2) is 0 Å². The van der Waals surface area contributed by atoms with Gasteiger partial charge in [0.05, 0.1) is 19.6 Å². The molecule has 1 aliphatic rings. The zero-order chi connectivity index (χ0) is 9.84. The van der Waals surface area contributed by atoms with Gasteiger partial charge in [-0.15, -0.1) is 0 Å². The summed E-state index contributed by atoms with van der Waals surface area (Å²) in [6.07, 6.45) is 0.995. The smallest absolute Gasteiger partial charge is 0.307 e. The summed E-state index contributed by atoms with van der Waals surface area (Å²) in [5, 5.41) is 9.28. The van der Waals surface area contributed by atoms with Crippen LogP contribution in [0.5, 0.6) is 0 Å². The van der Waals surface area contributed by atoms with Crippen molar-refractivity contribution in [1.82, 2.24) is 4.90 Å². The van der Waals surface area contributed by atoms with E-state index in [4.69, 9.17) is 0 Å². The van der Waals surface area contributed by atoms with Crippen molar-refractivity contribution in [2.45, 2.75) is 31.9 Å². The molecular weight excluding hydrogens is 170 g/mol. The minimum Gasteiger partial charge on any atom is -0.469 e. The Morgan fingerprint density at radius 1 is 1.77 bits per heavy atom. The van der Waals surface area contributed by atoms with Crippen LogP contribution in [-0.4, -0.2) is 48.3 Å². The van der Waals surface area contributed by atoms with Crippen LogP contribution in [-0.2, 0) is 9.53 Å². The molecule has 0 bridgehead atoms. The SMILES string of the molecule is COC(=O)CC(C)N1CC[C@H](O)C1. The van der Waals surface area contributed by atoms with Crippen molar-refractivity contribution >= 4 is 5.97 Å². The average molecular weight is 187 g/mol. The minimum absolute atomic E-state index is 0.171. The van der Waals surface area contributed by atoms with E-state index < -0.39 is 0 Å². The Morgan fingerprint density at radius 2 is 2.46 bits per heavy atom. The van der Waals surface area contributed by atoms with Crippen LogP contribution >= 0.6 is 0 Å². The van der Waals surface area contributed by atoms with E-state index in [-0.39, 0.29) is 18.1 Å². The molecule has 2 atom stereocenters. The molecule has 0 aromatic rings. The van der Waals surface area contributed by atoms with Crippen LogP contribution in [0.2, 0.25) is 0 Å². The van der Waals surface area contributed by atoms with Gasteiger partial charge in [-0.1, -0.05) is 0 Å². The normalized spacial score (nSPS) is 25.9. The fourth-order valence-corrected chi connectivity index (χ4v) is 1.62. The average Bonchev–Trinajstić information content (AvgIpc) is 2.51. The number of methoxy groups -OCH3 is 1. The van der Waals surface area contributed by atoms with Crippen molar-refractivity contribution in [1.29, 1.82) is 0 Å². The molecule has 0 saturated carbocycles. The van der Waals surface area contributed by atoms with Gasteiger partial charge in [0.2, 0.25) is 0 Å². The second kappa shape index (κ2) is 4.58. The maximum absolute atomic E-state index is 10.9. The fraction of sp³-hybridized carbons (Fsp3) is 0.889. The number of carbonyl (C=O) groups is 1. The number of ether oxygens (including phenoxy) is 1.